The Morgan fingerprint density at radius 1 is 1.40 bits per heavy atom. The lowest BCUT2D eigenvalue weighted by molar-refractivity contribution is -0.117. The van der Waals surface area contributed by atoms with Crippen molar-refractivity contribution in [3.8, 4) is 0 Å². The number of thioether (sulfide) groups is 1. The molecule has 1 aliphatic rings. The summed E-state index contributed by atoms with van der Waals surface area (Å²) in [7, 11) is 1.88. The lowest BCUT2D eigenvalue weighted by Gasteiger charge is -2.21. The molecular weight excluding hydrogens is 272 g/mol. The maximum atomic E-state index is 12.6. The van der Waals surface area contributed by atoms with Crippen LogP contribution in [0.15, 0.2) is 35.7 Å². The Labute approximate surface area is 122 Å². The second-order valence-electron chi connectivity index (χ2n) is 4.85. The number of carbonyl (C=O) groups excluding carboxylic acids is 1. The van der Waals surface area contributed by atoms with Crippen molar-refractivity contribution in [1.29, 1.82) is 0 Å². The minimum atomic E-state index is -0.177. The van der Waals surface area contributed by atoms with Crippen LogP contribution in [-0.4, -0.2) is 32.5 Å². The van der Waals surface area contributed by atoms with Crippen molar-refractivity contribution in [1.82, 2.24) is 14.8 Å². The van der Waals surface area contributed by atoms with Crippen molar-refractivity contribution in [2.45, 2.75) is 23.8 Å². The standard InChI is InChI=1S/C14H16N4OS/c1-10(20-14-16-15-9-17(14)2)13(19)18-8-7-11-5-3-4-6-12(11)18/h3-6,9-10H,7-8H2,1-2H3/t10-/m0/s1. The Balaban J connectivity index is 1.75. The lowest BCUT2D eigenvalue weighted by Crippen LogP contribution is -2.35. The Hall–Kier alpha value is -1.82. The van der Waals surface area contributed by atoms with Gasteiger partial charge in [-0.05, 0) is 25.0 Å². The molecule has 3 rings (SSSR count). The molecule has 0 radical (unpaired) electrons. The Bertz CT molecular complexity index is 640. The monoisotopic (exact) mass is 288 g/mol. The summed E-state index contributed by atoms with van der Waals surface area (Å²) in [4.78, 5) is 14.5. The molecule has 0 bridgehead atoms. The highest BCUT2D eigenvalue weighted by Crippen LogP contribution is 2.30. The van der Waals surface area contributed by atoms with E-state index < -0.39 is 0 Å². The van der Waals surface area contributed by atoms with Crippen molar-refractivity contribution >= 4 is 23.4 Å². The smallest absolute Gasteiger partial charge is 0.240 e. The molecule has 2 heterocycles. The lowest BCUT2D eigenvalue weighted by atomic mass is 10.2. The molecule has 0 saturated heterocycles. The third-order valence-corrected chi connectivity index (χ3v) is 4.59. The van der Waals surface area contributed by atoms with Gasteiger partial charge in [0.25, 0.3) is 0 Å². The molecule has 0 unspecified atom stereocenters. The van der Waals surface area contributed by atoms with Crippen LogP contribution in [0.1, 0.15) is 12.5 Å². The molecule has 0 saturated carbocycles. The van der Waals surface area contributed by atoms with Crippen LogP contribution >= 0.6 is 11.8 Å². The first-order chi connectivity index (χ1) is 9.66. The van der Waals surface area contributed by atoms with E-state index in [-0.39, 0.29) is 11.2 Å². The highest BCUT2D eigenvalue weighted by Gasteiger charge is 2.28. The number of benzene rings is 1. The number of amides is 1. The van der Waals surface area contributed by atoms with Gasteiger partial charge >= 0.3 is 0 Å². The average Bonchev–Trinajstić information content (AvgIpc) is 3.05. The minimum Gasteiger partial charge on any atom is -0.312 e. The molecule has 1 atom stereocenters. The van der Waals surface area contributed by atoms with Gasteiger partial charge in [-0.15, -0.1) is 10.2 Å². The molecule has 0 N–H and O–H groups in total. The predicted octanol–water partition coefficient (Wildman–Crippen LogP) is 1.88. The Morgan fingerprint density at radius 3 is 2.95 bits per heavy atom. The first-order valence-electron chi connectivity index (χ1n) is 6.57. The van der Waals surface area contributed by atoms with E-state index in [9.17, 15) is 4.79 Å². The van der Waals surface area contributed by atoms with Crippen LogP contribution in [0, 0.1) is 0 Å². The number of fused-ring (bicyclic) bond motifs is 1. The first-order valence-corrected chi connectivity index (χ1v) is 7.44. The highest BCUT2D eigenvalue weighted by atomic mass is 32.2. The third kappa shape index (κ3) is 2.31. The van der Waals surface area contributed by atoms with E-state index in [1.54, 1.807) is 6.33 Å². The number of hydrogen-bond donors (Lipinski definition) is 0. The number of nitrogens with zero attached hydrogens (tertiary/aromatic N) is 4. The molecule has 1 amide bonds. The average molecular weight is 288 g/mol. The SMILES string of the molecule is C[C@H](Sc1nncn1C)C(=O)N1CCc2ccccc21. The molecule has 1 aliphatic heterocycles. The normalized spacial score (nSPS) is 15.2. The van der Waals surface area contributed by atoms with Gasteiger partial charge in [0, 0.05) is 19.3 Å². The van der Waals surface area contributed by atoms with Crippen LogP contribution in [0.4, 0.5) is 5.69 Å². The summed E-state index contributed by atoms with van der Waals surface area (Å²) in [6.07, 6.45) is 2.58. The van der Waals surface area contributed by atoms with Gasteiger partial charge in [0.1, 0.15) is 6.33 Å². The highest BCUT2D eigenvalue weighted by molar-refractivity contribution is 8.00. The summed E-state index contributed by atoms with van der Waals surface area (Å²) in [5.74, 6) is 0.128. The zero-order valence-corrected chi connectivity index (χ0v) is 12.3. The van der Waals surface area contributed by atoms with Gasteiger partial charge in [0.05, 0.1) is 5.25 Å². The number of aromatic nitrogens is 3. The number of carbonyl (C=O) groups is 1. The number of aryl methyl sites for hydroxylation is 1. The third-order valence-electron chi connectivity index (χ3n) is 3.45. The van der Waals surface area contributed by atoms with Crippen LogP contribution in [-0.2, 0) is 18.3 Å². The van der Waals surface area contributed by atoms with Crippen molar-refractivity contribution in [3.05, 3.63) is 36.2 Å². The van der Waals surface area contributed by atoms with E-state index in [0.29, 0.717) is 0 Å². The van der Waals surface area contributed by atoms with Gasteiger partial charge in [0.15, 0.2) is 5.16 Å². The van der Waals surface area contributed by atoms with Crippen LogP contribution in [0.3, 0.4) is 0 Å². The molecule has 1 aromatic heterocycles. The van der Waals surface area contributed by atoms with E-state index in [0.717, 1.165) is 23.8 Å². The van der Waals surface area contributed by atoms with Crippen LogP contribution < -0.4 is 4.90 Å². The van der Waals surface area contributed by atoms with E-state index in [4.69, 9.17) is 0 Å². The zero-order chi connectivity index (χ0) is 14.1. The molecule has 2 aromatic rings. The fourth-order valence-electron chi connectivity index (χ4n) is 2.37. The Kier molecular flexibility index (Phi) is 3.48. The molecule has 20 heavy (non-hydrogen) atoms. The molecule has 0 aliphatic carbocycles. The Morgan fingerprint density at radius 2 is 2.20 bits per heavy atom. The van der Waals surface area contributed by atoms with Crippen LogP contribution in [0.25, 0.3) is 0 Å². The number of rotatable bonds is 3. The van der Waals surface area contributed by atoms with Gasteiger partial charge in [0.2, 0.25) is 5.91 Å². The van der Waals surface area contributed by atoms with E-state index in [1.807, 2.05) is 41.6 Å². The largest absolute Gasteiger partial charge is 0.312 e. The van der Waals surface area contributed by atoms with Crippen LogP contribution in [0.5, 0.6) is 0 Å². The van der Waals surface area contributed by atoms with Gasteiger partial charge in [-0.25, -0.2) is 0 Å². The minimum absolute atomic E-state index is 0.128. The van der Waals surface area contributed by atoms with Crippen molar-refractivity contribution in [2.75, 3.05) is 11.4 Å². The quantitative estimate of drug-likeness (QED) is 0.809. The molecule has 104 valence electrons. The summed E-state index contributed by atoms with van der Waals surface area (Å²) in [6, 6.07) is 8.10. The number of hydrogen-bond acceptors (Lipinski definition) is 4. The molecule has 6 heteroatoms. The van der Waals surface area contributed by atoms with Gasteiger partial charge in [-0.3, -0.25) is 4.79 Å². The second-order valence-corrected chi connectivity index (χ2v) is 6.16. The summed E-state index contributed by atoms with van der Waals surface area (Å²) in [5.41, 5.74) is 2.29. The number of para-hydroxylation sites is 1. The molecule has 0 fully saturated rings. The van der Waals surface area contributed by atoms with Gasteiger partial charge in [-0.1, -0.05) is 30.0 Å². The van der Waals surface area contributed by atoms with Crippen molar-refractivity contribution in [3.63, 3.8) is 0 Å². The molecule has 0 spiro atoms. The molecular formula is C14H16N4OS. The second kappa shape index (κ2) is 5.28. The van der Waals surface area contributed by atoms with Gasteiger partial charge in [-0.2, -0.15) is 0 Å². The van der Waals surface area contributed by atoms with E-state index >= 15 is 0 Å². The topological polar surface area (TPSA) is 51.0 Å². The zero-order valence-electron chi connectivity index (χ0n) is 11.5. The summed E-state index contributed by atoms with van der Waals surface area (Å²) in [5, 5.41) is 8.43. The molecule has 1 aromatic carbocycles. The van der Waals surface area contributed by atoms with Gasteiger partial charge < -0.3 is 9.47 Å². The number of anilines is 1. The molecule has 5 nitrogen and oxygen atoms in total. The van der Waals surface area contributed by atoms with Crippen LogP contribution in [0.2, 0.25) is 0 Å². The van der Waals surface area contributed by atoms with Crippen molar-refractivity contribution in [2.24, 2.45) is 7.05 Å². The first kappa shape index (κ1) is 13.2. The predicted molar refractivity (Wildman–Crippen MR) is 78.8 cm³/mol. The summed E-state index contributed by atoms with van der Waals surface area (Å²) < 4.78 is 1.83. The van der Waals surface area contributed by atoms with Crippen molar-refractivity contribution < 1.29 is 4.79 Å². The maximum Gasteiger partial charge on any atom is 0.240 e. The fourth-order valence-corrected chi connectivity index (χ4v) is 3.23. The summed E-state index contributed by atoms with van der Waals surface area (Å²) >= 11 is 1.44. The maximum absolute atomic E-state index is 12.6. The fraction of sp³-hybridized carbons (Fsp3) is 0.357. The van der Waals surface area contributed by atoms with E-state index in [2.05, 4.69) is 16.3 Å². The van der Waals surface area contributed by atoms with E-state index in [1.165, 1.54) is 17.3 Å². The summed E-state index contributed by atoms with van der Waals surface area (Å²) in [6.45, 7) is 2.69.